The summed E-state index contributed by atoms with van der Waals surface area (Å²) in [6.07, 6.45) is -0.0854. The molecule has 1 unspecified atom stereocenters. The van der Waals surface area contributed by atoms with Gasteiger partial charge in [0.25, 0.3) is 11.3 Å². The van der Waals surface area contributed by atoms with Crippen LogP contribution in [0.15, 0.2) is 29.1 Å². The van der Waals surface area contributed by atoms with Gasteiger partial charge in [-0.25, -0.2) is 9.37 Å². The number of hydrogen-bond donors (Lipinski definition) is 2. The number of H-pyrrole nitrogens is 1. The first-order valence-corrected chi connectivity index (χ1v) is 10.2. The van der Waals surface area contributed by atoms with E-state index < -0.39 is 0 Å². The Balaban J connectivity index is 1.49. The molecule has 0 aliphatic carbocycles. The van der Waals surface area contributed by atoms with Gasteiger partial charge in [0.1, 0.15) is 11.6 Å². The summed E-state index contributed by atoms with van der Waals surface area (Å²) in [5, 5.41) is 5.77. The Hall–Kier alpha value is -3.11. The fourth-order valence-corrected chi connectivity index (χ4v) is 3.83. The van der Waals surface area contributed by atoms with E-state index in [1.807, 2.05) is 0 Å². The Morgan fingerprint density at radius 3 is 2.65 bits per heavy atom. The van der Waals surface area contributed by atoms with Crippen LogP contribution in [0.5, 0.6) is 0 Å². The SMILES string of the molecule is Cc1nc2nc(C)c(CC(=O)NCC(c3ccc(F)cc3)N3CCOCC3)c(=O)n2[nH]1. The third-order valence-electron chi connectivity index (χ3n) is 5.48. The van der Waals surface area contributed by atoms with Crippen molar-refractivity contribution in [1.82, 2.24) is 29.8 Å². The Morgan fingerprint density at radius 1 is 1.23 bits per heavy atom. The fraction of sp³-hybridized carbons (Fsp3) is 0.429. The maximum Gasteiger partial charge on any atom is 0.277 e. The quantitative estimate of drug-likeness (QED) is 0.605. The monoisotopic (exact) mass is 428 g/mol. The molecule has 0 bridgehead atoms. The van der Waals surface area contributed by atoms with Crippen LogP contribution in [0.2, 0.25) is 0 Å². The topological polar surface area (TPSA) is 105 Å². The van der Waals surface area contributed by atoms with Gasteiger partial charge in [-0.1, -0.05) is 12.1 Å². The van der Waals surface area contributed by atoms with Crippen molar-refractivity contribution in [1.29, 1.82) is 0 Å². The third-order valence-corrected chi connectivity index (χ3v) is 5.48. The highest BCUT2D eigenvalue weighted by Gasteiger charge is 2.24. The predicted molar refractivity (Wildman–Crippen MR) is 111 cm³/mol. The van der Waals surface area contributed by atoms with Gasteiger partial charge in [0.15, 0.2) is 0 Å². The number of nitrogens with zero attached hydrogens (tertiary/aromatic N) is 4. The molecule has 3 aromatic rings. The minimum atomic E-state index is -0.332. The molecular formula is C21H25FN6O3. The van der Waals surface area contributed by atoms with Gasteiger partial charge in [0, 0.05) is 25.2 Å². The minimum Gasteiger partial charge on any atom is -0.379 e. The number of benzene rings is 1. The number of ether oxygens (including phenoxy) is 1. The summed E-state index contributed by atoms with van der Waals surface area (Å²) in [5.74, 6) is 0.269. The molecule has 3 heterocycles. The molecule has 0 saturated carbocycles. The summed E-state index contributed by atoms with van der Waals surface area (Å²) in [7, 11) is 0. The molecule has 0 radical (unpaired) electrons. The second-order valence-electron chi connectivity index (χ2n) is 7.62. The van der Waals surface area contributed by atoms with E-state index in [-0.39, 0.29) is 35.5 Å². The molecule has 2 aromatic heterocycles. The molecule has 4 rings (SSSR count). The Kier molecular flexibility index (Phi) is 6.10. The number of amides is 1. The fourth-order valence-electron chi connectivity index (χ4n) is 3.83. The lowest BCUT2D eigenvalue weighted by atomic mass is 10.0. The maximum atomic E-state index is 13.4. The summed E-state index contributed by atoms with van der Waals surface area (Å²) in [5.41, 5.74) is 1.38. The van der Waals surface area contributed by atoms with Gasteiger partial charge in [-0.15, -0.1) is 0 Å². The maximum absolute atomic E-state index is 13.4. The van der Waals surface area contributed by atoms with Crippen molar-refractivity contribution in [3.05, 3.63) is 63.1 Å². The standard InChI is InChI=1S/C21H25FN6O3/c1-13-17(20(30)28-21(24-13)25-14(2)26-28)11-19(29)23-12-18(27-7-9-31-10-8-27)15-3-5-16(22)6-4-15/h3-6,18H,7-12H2,1-2H3,(H,23,29)(H,24,25,26). The zero-order valence-electron chi connectivity index (χ0n) is 17.5. The first kappa shape index (κ1) is 21.1. The van der Waals surface area contributed by atoms with Crippen LogP contribution in [-0.2, 0) is 16.0 Å². The molecule has 1 atom stereocenters. The Bertz CT molecular complexity index is 1130. The van der Waals surface area contributed by atoms with Crippen LogP contribution in [0, 0.1) is 19.7 Å². The average Bonchev–Trinajstić information content (AvgIpc) is 3.13. The number of carbonyl (C=O) groups excluding carboxylic acids is 1. The van der Waals surface area contributed by atoms with Gasteiger partial charge >= 0.3 is 0 Å². The van der Waals surface area contributed by atoms with Crippen LogP contribution < -0.4 is 10.9 Å². The van der Waals surface area contributed by atoms with E-state index in [4.69, 9.17) is 4.74 Å². The summed E-state index contributed by atoms with van der Waals surface area (Å²) in [6.45, 7) is 6.42. The molecule has 1 aliphatic heterocycles. The highest BCUT2D eigenvalue weighted by Crippen LogP contribution is 2.21. The molecule has 1 fully saturated rings. The number of fused-ring (bicyclic) bond motifs is 1. The summed E-state index contributed by atoms with van der Waals surface area (Å²) >= 11 is 0. The van der Waals surface area contributed by atoms with Crippen molar-refractivity contribution >= 4 is 11.7 Å². The molecule has 1 aliphatic rings. The summed E-state index contributed by atoms with van der Waals surface area (Å²) in [6, 6.07) is 6.18. The van der Waals surface area contributed by atoms with E-state index in [9.17, 15) is 14.0 Å². The highest BCUT2D eigenvalue weighted by molar-refractivity contribution is 5.78. The van der Waals surface area contributed by atoms with Crippen LogP contribution in [-0.4, -0.2) is 63.2 Å². The largest absolute Gasteiger partial charge is 0.379 e. The zero-order valence-corrected chi connectivity index (χ0v) is 17.5. The second kappa shape index (κ2) is 8.94. The zero-order chi connectivity index (χ0) is 22.0. The van der Waals surface area contributed by atoms with E-state index in [2.05, 4.69) is 25.3 Å². The highest BCUT2D eigenvalue weighted by atomic mass is 19.1. The van der Waals surface area contributed by atoms with Gasteiger partial charge in [0.05, 0.1) is 31.4 Å². The van der Waals surface area contributed by atoms with Crippen molar-refractivity contribution in [3.63, 3.8) is 0 Å². The molecule has 10 heteroatoms. The number of halogens is 1. The molecular weight excluding hydrogens is 403 g/mol. The number of nitrogens with one attached hydrogen (secondary N) is 2. The molecule has 31 heavy (non-hydrogen) atoms. The second-order valence-corrected chi connectivity index (χ2v) is 7.62. The molecule has 1 amide bonds. The van der Waals surface area contributed by atoms with Gasteiger partial charge in [-0.3, -0.25) is 19.6 Å². The molecule has 1 aromatic carbocycles. The molecule has 1 saturated heterocycles. The third kappa shape index (κ3) is 4.64. The van der Waals surface area contributed by atoms with Crippen molar-refractivity contribution in [3.8, 4) is 0 Å². The van der Waals surface area contributed by atoms with Gasteiger partial charge in [-0.2, -0.15) is 9.50 Å². The number of aryl methyl sites for hydroxylation is 2. The molecule has 164 valence electrons. The van der Waals surface area contributed by atoms with Crippen molar-refractivity contribution in [2.45, 2.75) is 26.3 Å². The Morgan fingerprint density at radius 2 is 1.94 bits per heavy atom. The van der Waals surface area contributed by atoms with E-state index in [1.165, 1.54) is 16.6 Å². The van der Waals surface area contributed by atoms with E-state index in [0.29, 0.717) is 36.8 Å². The number of morpholine rings is 1. The molecule has 2 N–H and O–H groups in total. The number of aromatic nitrogens is 4. The van der Waals surface area contributed by atoms with Crippen molar-refractivity contribution in [2.75, 3.05) is 32.8 Å². The first-order chi connectivity index (χ1) is 14.9. The lowest BCUT2D eigenvalue weighted by molar-refractivity contribution is -0.120. The number of aromatic amines is 1. The van der Waals surface area contributed by atoms with Gasteiger partial charge < -0.3 is 10.1 Å². The average molecular weight is 428 g/mol. The van der Waals surface area contributed by atoms with Crippen molar-refractivity contribution < 1.29 is 13.9 Å². The number of rotatable bonds is 6. The van der Waals surface area contributed by atoms with Crippen molar-refractivity contribution in [2.24, 2.45) is 0 Å². The van der Waals surface area contributed by atoms with Crippen LogP contribution in [0.4, 0.5) is 4.39 Å². The molecule has 9 nitrogen and oxygen atoms in total. The predicted octanol–water partition coefficient (Wildman–Crippen LogP) is 0.906. The number of hydrogen-bond acceptors (Lipinski definition) is 6. The minimum absolute atomic E-state index is 0.0854. The summed E-state index contributed by atoms with van der Waals surface area (Å²) in [4.78, 5) is 36.1. The van der Waals surface area contributed by atoms with Gasteiger partial charge in [0.2, 0.25) is 5.91 Å². The van der Waals surface area contributed by atoms with E-state index in [1.54, 1.807) is 26.0 Å². The van der Waals surface area contributed by atoms with Crippen LogP contribution in [0.1, 0.15) is 28.7 Å². The summed E-state index contributed by atoms with van der Waals surface area (Å²) < 4.78 is 20.1. The van der Waals surface area contributed by atoms with Crippen LogP contribution in [0.3, 0.4) is 0 Å². The number of carbonyl (C=O) groups is 1. The normalized spacial score (nSPS) is 15.8. The van der Waals surface area contributed by atoms with E-state index >= 15 is 0 Å². The Labute approximate surface area is 178 Å². The lowest BCUT2D eigenvalue weighted by Crippen LogP contribution is -2.44. The van der Waals surface area contributed by atoms with E-state index in [0.717, 1.165) is 18.7 Å². The van der Waals surface area contributed by atoms with Crippen LogP contribution >= 0.6 is 0 Å². The van der Waals surface area contributed by atoms with Crippen LogP contribution in [0.25, 0.3) is 5.78 Å². The molecule has 0 spiro atoms. The lowest BCUT2D eigenvalue weighted by Gasteiger charge is -2.35. The first-order valence-electron chi connectivity index (χ1n) is 10.2. The van der Waals surface area contributed by atoms with Gasteiger partial charge in [-0.05, 0) is 31.5 Å². The smallest absolute Gasteiger partial charge is 0.277 e.